The molecule has 0 aliphatic rings. The molecule has 0 aromatic carbocycles. The highest BCUT2D eigenvalue weighted by Crippen LogP contribution is 2.06. The standard InChI is InChI=1S/C14H20N6O6/c1-3-23-13(21)9-19-7-11(15-17-19)25-5-6-26-12-8-20(18-16-12)10-14(22)24-4-2/h7-8H,3-6,9-10H2,1-2H3. The van der Waals surface area contributed by atoms with Gasteiger partial charge in [0.2, 0.25) is 0 Å². The van der Waals surface area contributed by atoms with Crippen molar-refractivity contribution in [2.75, 3.05) is 26.4 Å². The fourth-order valence-electron chi connectivity index (χ4n) is 1.82. The third-order valence-electron chi connectivity index (χ3n) is 2.81. The van der Waals surface area contributed by atoms with Crippen LogP contribution in [0.15, 0.2) is 12.4 Å². The minimum atomic E-state index is -0.404. The average Bonchev–Trinajstić information content (AvgIpc) is 3.21. The largest absolute Gasteiger partial charge is 0.472 e. The summed E-state index contributed by atoms with van der Waals surface area (Å²) < 4.78 is 23.0. The monoisotopic (exact) mass is 368 g/mol. The average molecular weight is 368 g/mol. The van der Waals surface area contributed by atoms with E-state index in [0.29, 0.717) is 13.2 Å². The highest BCUT2D eigenvalue weighted by atomic mass is 16.5. The molecule has 12 heteroatoms. The van der Waals surface area contributed by atoms with Gasteiger partial charge in [0.25, 0.3) is 11.8 Å². The van der Waals surface area contributed by atoms with E-state index in [0.717, 1.165) is 0 Å². The first-order valence-corrected chi connectivity index (χ1v) is 7.97. The first-order valence-electron chi connectivity index (χ1n) is 7.97. The molecule has 0 spiro atoms. The van der Waals surface area contributed by atoms with Gasteiger partial charge in [0.15, 0.2) is 0 Å². The van der Waals surface area contributed by atoms with E-state index in [9.17, 15) is 9.59 Å². The topological polar surface area (TPSA) is 132 Å². The van der Waals surface area contributed by atoms with Crippen molar-refractivity contribution in [3.63, 3.8) is 0 Å². The predicted octanol–water partition coefficient (Wildman–Crippen LogP) is -0.546. The van der Waals surface area contributed by atoms with Gasteiger partial charge < -0.3 is 18.9 Å². The van der Waals surface area contributed by atoms with Gasteiger partial charge in [0, 0.05) is 0 Å². The number of rotatable bonds is 11. The van der Waals surface area contributed by atoms with Crippen LogP contribution in [0.25, 0.3) is 0 Å². The molecule has 12 nitrogen and oxygen atoms in total. The molecule has 142 valence electrons. The number of hydrogen-bond donors (Lipinski definition) is 0. The molecule has 2 rings (SSSR count). The summed E-state index contributed by atoms with van der Waals surface area (Å²) in [7, 11) is 0. The molecule has 0 N–H and O–H groups in total. The van der Waals surface area contributed by atoms with Crippen molar-refractivity contribution in [3.8, 4) is 11.8 Å². The van der Waals surface area contributed by atoms with Crippen LogP contribution in [0.1, 0.15) is 13.8 Å². The second-order valence-corrected chi connectivity index (χ2v) is 4.82. The zero-order chi connectivity index (χ0) is 18.8. The van der Waals surface area contributed by atoms with Crippen molar-refractivity contribution in [3.05, 3.63) is 12.4 Å². The van der Waals surface area contributed by atoms with E-state index in [1.54, 1.807) is 13.8 Å². The number of hydrogen-bond acceptors (Lipinski definition) is 10. The molecular weight excluding hydrogens is 348 g/mol. The van der Waals surface area contributed by atoms with Gasteiger partial charge in [-0.1, -0.05) is 20.6 Å². The molecule has 0 aliphatic carbocycles. The van der Waals surface area contributed by atoms with Crippen molar-refractivity contribution in [2.24, 2.45) is 0 Å². The number of esters is 2. The molecule has 0 unspecified atom stereocenters. The zero-order valence-electron chi connectivity index (χ0n) is 14.5. The lowest BCUT2D eigenvalue weighted by atomic mass is 10.6. The first-order chi connectivity index (χ1) is 12.6. The zero-order valence-corrected chi connectivity index (χ0v) is 14.5. The molecular formula is C14H20N6O6. The van der Waals surface area contributed by atoms with Gasteiger partial charge >= 0.3 is 11.9 Å². The lowest BCUT2D eigenvalue weighted by Gasteiger charge is -2.03. The van der Waals surface area contributed by atoms with E-state index in [1.807, 2.05) is 0 Å². The van der Waals surface area contributed by atoms with Gasteiger partial charge in [-0.3, -0.25) is 9.59 Å². The second-order valence-electron chi connectivity index (χ2n) is 4.82. The quantitative estimate of drug-likeness (QED) is 0.376. The van der Waals surface area contributed by atoms with Gasteiger partial charge in [-0.2, -0.15) is 0 Å². The molecule has 0 saturated carbocycles. The molecule has 0 amide bonds. The second kappa shape index (κ2) is 9.96. The van der Waals surface area contributed by atoms with Crippen molar-refractivity contribution >= 4 is 11.9 Å². The van der Waals surface area contributed by atoms with Crippen LogP contribution >= 0.6 is 0 Å². The van der Waals surface area contributed by atoms with Crippen molar-refractivity contribution in [1.29, 1.82) is 0 Å². The number of carbonyl (C=O) groups excluding carboxylic acids is 2. The van der Waals surface area contributed by atoms with Crippen LogP contribution in [0.2, 0.25) is 0 Å². The van der Waals surface area contributed by atoms with Crippen LogP contribution in [0.5, 0.6) is 11.8 Å². The van der Waals surface area contributed by atoms with E-state index >= 15 is 0 Å². The Bertz CT molecular complexity index is 654. The Kier molecular flexibility index (Phi) is 7.33. The van der Waals surface area contributed by atoms with Gasteiger partial charge in [0.05, 0.1) is 25.6 Å². The van der Waals surface area contributed by atoms with Crippen LogP contribution in [-0.4, -0.2) is 68.4 Å². The van der Waals surface area contributed by atoms with Crippen LogP contribution < -0.4 is 9.47 Å². The maximum Gasteiger partial charge on any atom is 0.327 e. The number of carbonyl (C=O) groups is 2. The molecule has 0 radical (unpaired) electrons. The van der Waals surface area contributed by atoms with E-state index in [1.165, 1.54) is 21.8 Å². The van der Waals surface area contributed by atoms with E-state index < -0.39 is 11.9 Å². The van der Waals surface area contributed by atoms with Crippen molar-refractivity contribution < 1.29 is 28.5 Å². The predicted molar refractivity (Wildman–Crippen MR) is 84.3 cm³/mol. The molecule has 0 aliphatic heterocycles. The molecule has 26 heavy (non-hydrogen) atoms. The third-order valence-corrected chi connectivity index (χ3v) is 2.81. The van der Waals surface area contributed by atoms with E-state index in [2.05, 4.69) is 20.6 Å². The maximum absolute atomic E-state index is 11.3. The van der Waals surface area contributed by atoms with E-state index in [4.69, 9.17) is 18.9 Å². The molecule has 0 fully saturated rings. The van der Waals surface area contributed by atoms with Gasteiger partial charge in [0.1, 0.15) is 26.3 Å². The summed E-state index contributed by atoms with van der Waals surface area (Å²) in [4.78, 5) is 22.7. The summed E-state index contributed by atoms with van der Waals surface area (Å²) in [5.41, 5.74) is 0. The van der Waals surface area contributed by atoms with Crippen LogP contribution in [0.4, 0.5) is 0 Å². The Morgan fingerprint density at radius 3 is 1.65 bits per heavy atom. The van der Waals surface area contributed by atoms with E-state index in [-0.39, 0.29) is 38.1 Å². The highest BCUT2D eigenvalue weighted by Gasteiger charge is 2.09. The summed E-state index contributed by atoms with van der Waals surface area (Å²) in [5, 5.41) is 15.0. The summed E-state index contributed by atoms with van der Waals surface area (Å²) in [6.45, 7) is 4.35. The van der Waals surface area contributed by atoms with Crippen LogP contribution in [0, 0.1) is 0 Å². The minimum absolute atomic E-state index is 0.0374. The van der Waals surface area contributed by atoms with Gasteiger partial charge in [-0.15, -0.1) is 0 Å². The number of aromatic nitrogens is 6. The summed E-state index contributed by atoms with van der Waals surface area (Å²) >= 11 is 0. The fourth-order valence-corrected chi connectivity index (χ4v) is 1.82. The molecule has 2 heterocycles. The Hall–Kier alpha value is -3.18. The lowest BCUT2D eigenvalue weighted by Crippen LogP contribution is -2.13. The van der Waals surface area contributed by atoms with Gasteiger partial charge in [-0.05, 0) is 13.8 Å². The van der Waals surface area contributed by atoms with Crippen molar-refractivity contribution in [2.45, 2.75) is 26.9 Å². The maximum atomic E-state index is 11.3. The SMILES string of the molecule is CCOC(=O)Cn1cc(OCCOc2cn(CC(=O)OCC)nn2)nn1. The Balaban J connectivity index is 1.67. The fraction of sp³-hybridized carbons (Fsp3) is 0.571. The molecule has 0 saturated heterocycles. The summed E-state index contributed by atoms with van der Waals surface area (Å²) in [5.74, 6) is -0.302. The highest BCUT2D eigenvalue weighted by molar-refractivity contribution is 5.69. The Labute approximate surface area is 149 Å². The molecule has 2 aromatic rings. The van der Waals surface area contributed by atoms with Crippen LogP contribution in [0.3, 0.4) is 0 Å². The molecule has 0 bridgehead atoms. The smallest absolute Gasteiger partial charge is 0.327 e. The van der Waals surface area contributed by atoms with Crippen molar-refractivity contribution in [1.82, 2.24) is 30.0 Å². The first kappa shape index (κ1) is 19.1. The number of nitrogens with zero attached hydrogens (tertiary/aromatic N) is 6. The van der Waals surface area contributed by atoms with Crippen LogP contribution in [-0.2, 0) is 32.2 Å². The molecule has 0 atom stereocenters. The summed E-state index contributed by atoms with van der Waals surface area (Å²) in [6, 6.07) is 0. The normalized spacial score (nSPS) is 10.4. The molecule has 2 aromatic heterocycles. The Morgan fingerprint density at radius 1 is 0.846 bits per heavy atom. The lowest BCUT2D eigenvalue weighted by molar-refractivity contribution is -0.145. The third kappa shape index (κ3) is 6.37. The van der Waals surface area contributed by atoms with Gasteiger partial charge in [-0.25, -0.2) is 9.36 Å². The summed E-state index contributed by atoms with van der Waals surface area (Å²) in [6.07, 6.45) is 2.96. The number of ether oxygens (including phenoxy) is 4. The Morgan fingerprint density at radius 2 is 1.27 bits per heavy atom. The minimum Gasteiger partial charge on any atom is -0.472 e.